The van der Waals surface area contributed by atoms with Crippen molar-refractivity contribution in [1.82, 2.24) is 4.90 Å². The Morgan fingerprint density at radius 3 is 2.95 bits per heavy atom. The smallest absolute Gasteiger partial charge is 0.245 e. The number of allylic oxidation sites excluding steroid dienone is 1. The fraction of sp³-hybridized carbons (Fsp3) is 0.333. The van der Waals surface area contributed by atoms with Crippen LogP contribution >= 0.6 is 27.5 Å². The molecule has 4 nitrogen and oxygen atoms in total. The zero-order chi connectivity index (χ0) is 15.4. The molecule has 1 atom stereocenters. The van der Waals surface area contributed by atoms with Gasteiger partial charge in [-0.25, -0.2) is 0 Å². The Kier molecular flexibility index (Phi) is 5.27. The molecule has 0 fully saturated rings. The quantitative estimate of drug-likeness (QED) is 0.763. The predicted octanol–water partition coefficient (Wildman–Crippen LogP) is 3.55. The number of amides is 1. The molecule has 0 aromatic heterocycles. The normalized spacial score (nSPS) is 18.2. The molecule has 0 radical (unpaired) electrons. The van der Waals surface area contributed by atoms with Crippen LogP contribution in [0.1, 0.15) is 18.9 Å². The molecular weight excluding hydrogens is 356 g/mol. The van der Waals surface area contributed by atoms with E-state index in [0.29, 0.717) is 18.7 Å². The molecule has 0 spiro atoms. The summed E-state index contributed by atoms with van der Waals surface area (Å²) < 4.78 is 6.07. The van der Waals surface area contributed by atoms with E-state index >= 15 is 0 Å². The van der Waals surface area contributed by atoms with Crippen LogP contribution in [0.3, 0.4) is 0 Å². The van der Waals surface area contributed by atoms with E-state index in [2.05, 4.69) is 15.9 Å². The van der Waals surface area contributed by atoms with Crippen molar-refractivity contribution in [1.29, 1.82) is 5.26 Å². The molecule has 1 heterocycles. The van der Waals surface area contributed by atoms with Crippen molar-refractivity contribution in [2.24, 2.45) is 0 Å². The minimum atomic E-state index is -0.495. The van der Waals surface area contributed by atoms with Gasteiger partial charge < -0.3 is 9.64 Å². The molecule has 1 unspecified atom stereocenters. The highest BCUT2D eigenvalue weighted by Crippen LogP contribution is 2.34. The number of hydrogen-bond donors (Lipinski definition) is 0. The third kappa shape index (κ3) is 3.39. The van der Waals surface area contributed by atoms with Crippen molar-refractivity contribution in [3.05, 3.63) is 34.3 Å². The molecule has 1 aliphatic heterocycles. The molecule has 21 heavy (non-hydrogen) atoms. The van der Waals surface area contributed by atoms with Crippen LogP contribution in [0.4, 0.5) is 0 Å². The predicted molar refractivity (Wildman–Crippen MR) is 84.9 cm³/mol. The Hall–Kier alpha value is -1.51. The Bertz CT molecular complexity index is 625. The van der Waals surface area contributed by atoms with Gasteiger partial charge in [0.15, 0.2) is 6.61 Å². The van der Waals surface area contributed by atoms with Gasteiger partial charge in [0.05, 0.1) is 0 Å². The maximum absolute atomic E-state index is 12.1. The second-order valence-corrected chi connectivity index (χ2v) is 5.84. The molecule has 0 saturated carbocycles. The average Bonchev–Trinajstić information content (AvgIpc) is 2.48. The van der Waals surface area contributed by atoms with Gasteiger partial charge in [-0.2, -0.15) is 5.26 Å². The molecule has 110 valence electrons. The van der Waals surface area contributed by atoms with Gasteiger partial charge in [-0.3, -0.25) is 4.79 Å². The summed E-state index contributed by atoms with van der Waals surface area (Å²) in [6.07, 6.45) is 2.49. The highest BCUT2D eigenvalue weighted by atomic mass is 79.9. The highest BCUT2D eigenvalue weighted by molar-refractivity contribution is 9.10. The molecule has 0 saturated heterocycles. The monoisotopic (exact) mass is 368 g/mol. The number of benzene rings is 1. The number of nitriles is 1. The molecule has 0 bridgehead atoms. The van der Waals surface area contributed by atoms with Gasteiger partial charge in [-0.05, 0) is 47.5 Å². The van der Waals surface area contributed by atoms with E-state index in [1.54, 1.807) is 17.0 Å². The number of carbonyl (C=O) groups excluding carboxylic acids is 1. The first-order valence-corrected chi connectivity index (χ1v) is 7.76. The lowest BCUT2D eigenvalue weighted by Gasteiger charge is -2.30. The zero-order valence-electron chi connectivity index (χ0n) is 11.5. The van der Waals surface area contributed by atoms with Gasteiger partial charge in [0, 0.05) is 22.3 Å². The van der Waals surface area contributed by atoms with E-state index in [4.69, 9.17) is 21.6 Å². The number of rotatable bonds is 4. The second kappa shape index (κ2) is 6.97. The zero-order valence-corrected chi connectivity index (χ0v) is 13.8. The summed E-state index contributed by atoms with van der Waals surface area (Å²) in [5.74, 6) is 0.529. The first-order chi connectivity index (χ1) is 10.1. The van der Waals surface area contributed by atoms with Crippen LogP contribution in [0.5, 0.6) is 5.75 Å². The SMILES string of the molecule is CCN1C(=O)C(Cl)CC=C1c1ccc(OCC#N)cc1Br. The van der Waals surface area contributed by atoms with E-state index in [1.165, 1.54) is 0 Å². The van der Waals surface area contributed by atoms with E-state index in [1.807, 2.05) is 25.1 Å². The van der Waals surface area contributed by atoms with Crippen molar-refractivity contribution in [2.75, 3.05) is 13.2 Å². The molecule has 1 aromatic carbocycles. The van der Waals surface area contributed by atoms with Gasteiger partial charge in [-0.1, -0.05) is 6.08 Å². The van der Waals surface area contributed by atoms with Crippen LogP contribution in [0.25, 0.3) is 5.70 Å². The van der Waals surface area contributed by atoms with Gasteiger partial charge >= 0.3 is 0 Å². The van der Waals surface area contributed by atoms with E-state index in [-0.39, 0.29) is 12.5 Å². The molecule has 1 aliphatic rings. The number of halogens is 2. The fourth-order valence-corrected chi connectivity index (χ4v) is 2.97. The Balaban J connectivity index is 2.33. The molecule has 0 N–H and O–H groups in total. The van der Waals surface area contributed by atoms with E-state index < -0.39 is 5.38 Å². The molecule has 2 rings (SSSR count). The van der Waals surface area contributed by atoms with Crippen molar-refractivity contribution < 1.29 is 9.53 Å². The van der Waals surface area contributed by atoms with Gasteiger partial charge in [0.25, 0.3) is 0 Å². The maximum atomic E-state index is 12.1. The molecule has 1 aromatic rings. The Morgan fingerprint density at radius 1 is 1.57 bits per heavy atom. The van der Waals surface area contributed by atoms with E-state index in [0.717, 1.165) is 15.7 Å². The molecule has 1 amide bonds. The Labute approximate surface area is 137 Å². The summed E-state index contributed by atoms with van der Waals surface area (Å²) in [6.45, 7) is 2.48. The lowest BCUT2D eigenvalue weighted by atomic mass is 10.0. The summed E-state index contributed by atoms with van der Waals surface area (Å²) >= 11 is 9.51. The second-order valence-electron chi connectivity index (χ2n) is 4.46. The lowest BCUT2D eigenvalue weighted by molar-refractivity contribution is -0.127. The van der Waals surface area contributed by atoms with Crippen molar-refractivity contribution >= 4 is 39.1 Å². The summed E-state index contributed by atoms with van der Waals surface area (Å²) in [7, 11) is 0. The van der Waals surface area contributed by atoms with E-state index in [9.17, 15) is 4.79 Å². The maximum Gasteiger partial charge on any atom is 0.245 e. The average molecular weight is 370 g/mol. The third-order valence-corrected chi connectivity index (χ3v) is 4.20. The highest BCUT2D eigenvalue weighted by Gasteiger charge is 2.29. The van der Waals surface area contributed by atoms with Crippen LogP contribution in [-0.2, 0) is 4.79 Å². The minimum absolute atomic E-state index is 0.00197. The van der Waals surface area contributed by atoms with Crippen LogP contribution in [0, 0.1) is 11.3 Å². The molecule has 0 aliphatic carbocycles. The summed E-state index contributed by atoms with van der Waals surface area (Å²) in [6, 6.07) is 7.36. The molecular formula is C15H14BrClN2O2. The molecule has 6 heteroatoms. The van der Waals surface area contributed by atoms with Crippen molar-refractivity contribution in [3.8, 4) is 11.8 Å². The fourth-order valence-electron chi connectivity index (χ4n) is 2.20. The van der Waals surface area contributed by atoms with Gasteiger partial charge in [0.2, 0.25) is 5.91 Å². The number of carbonyl (C=O) groups is 1. The largest absolute Gasteiger partial charge is 0.479 e. The summed E-state index contributed by atoms with van der Waals surface area (Å²) in [5, 5.41) is 8.03. The minimum Gasteiger partial charge on any atom is -0.479 e. The first kappa shape index (κ1) is 15.9. The van der Waals surface area contributed by atoms with Crippen LogP contribution in [-0.4, -0.2) is 29.3 Å². The number of ether oxygens (including phenoxy) is 1. The topological polar surface area (TPSA) is 53.3 Å². The van der Waals surface area contributed by atoms with Crippen LogP contribution in [0.2, 0.25) is 0 Å². The van der Waals surface area contributed by atoms with Crippen LogP contribution < -0.4 is 4.74 Å². The lowest BCUT2D eigenvalue weighted by Crippen LogP contribution is -2.38. The van der Waals surface area contributed by atoms with Crippen LogP contribution in [0.15, 0.2) is 28.7 Å². The van der Waals surface area contributed by atoms with Gasteiger partial charge in [0.1, 0.15) is 17.2 Å². The summed E-state index contributed by atoms with van der Waals surface area (Å²) in [5.41, 5.74) is 1.75. The number of hydrogen-bond acceptors (Lipinski definition) is 3. The standard InChI is InChI=1S/C15H14BrClN2O2/c1-2-19-14(6-5-13(17)15(19)20)11-4-3-10(9-12(11)16)21-8-7-18/h3-4,6,9,13H,2,5,8H2,1H3. The van der Waals surface area contributed by atoms with Crippen molar-refractivity contribution in [2.45, 2.75) is 18.7 Å². The first-order valence-electron chi connectivity index (χ1n) is 6.53. The third-order valence-electron chi connectivity index (χ3n) is 3.18. The number of alkyl halides is 1. The summed E-state index contributed by atoms with van der Waals surface area (Å²) in [4.78, 5) is 13.8. The number of nitrogens with zero attached hydrogens (tertiary/aromatic N) is 2. The van der Waals surface area contributed by atoms with Gasteiger partial charge in [-0.15, -0.1) is 11.6 Å². The van der Waals surface area contributed by atoms with Crippen molar-refractivity contribution in [3.63, 3.8) is 0 Å². The Morgan fingerprint density at radius 2 is 2.33 bits per heavy atom.